The first-order chi connectivity index (χ1) is 14.0. The van der Waals surface area contributed by atoms with E-state index in [0.717, 1.165) is 0 Å². The third-order valence-corrected chi connectivity index (χ3v) is 4.65. The van der Waals surface area contributed by atoms with Crippen molar-refractivity contribution in [3.8, 4) is 17.3 Å². The number of nitrogen functional groups attached to an aromatic ring is 1. The van der Waals surface area contributed by atoms with Crippen LogP contribution >= 0.6 is 11.6 Å². The first kappa shape index (κ1) is 18.6. The van der Waals surface area contributed by atoms with E-state index in [1.54, 1.807) is 18.3 Å². The molecule has 29 heavy (non-hydrogen) atoms. The Bertz CT molecular complexity index is 1260. The molecule has 3 aromatic heterocycles. The monoisotopic (exact) mass is 408 g/mol. The largest absolute Gasteiger partial charge is 0.382 e. The average Bonchev–Trinajstić information content (AvgIpc) is 3.07. The minimum atomic E-state index is -0.384. The van der Waals surface area contributed by atoms with Crippen molar-refractivity contribution in [1.82, 2.24) is 24.6 Å². The normalized spacial score (nSPS) is 11.9. The van der Waals surface area contributed by atoms with Gasteiger partial charge in [0.1, 0.15) is 40.4 Å². The predicted octanol–water partition coefficient (Wildman–Crippen LogP) is 3.61. The Hall–Kier alpha value is -3.77. The van der Waals surface area contributed by atoms with Crippen molar-refractivity contribution in [3.63, 3.8) is 0 Å². The second-order valence-corrected chi connectivity index (χ2v) is 6.68. The van der Waals surface area contributed by atoms with Gasteiger partial charge in [0.05, 0.1) is 17.9 Å². The molecule has 0 aliphatic heterocycles. The van der Waals surface area contributed by atoms with Crippen LogP contribution in [0.15, 0.2) is 43.0 Å². The molecule has 3 N–H and O–H groups in total. The molecule has 4 aromatic rings. The van der Waals surface area contributed by atoms with Crippen LogP contribution in [0.5, 0.6) is 0 Å². The summed E-state index contributed by atoms with van der Waals surface area (Å²) >= 11 is 6.18. The summed E-state index contributed by atoms with van der Waals surface area (Å²) in [6.07, 6.45) is 4.51. The van der Waals surface area contributed by atoms with E-state index in [1.165, 1.54) is 29.2 Å². The van der Waals surface area contributed by atoms with E-state index in [0.29, 0.717) is 27.5 Å². The van der Waals surface area contributed by atoms with Gasteiger partial charge in [-0.3, -0.25) is 0 Å². The topological polar surface area (TPSA) is 118 Å². The zero-order chi connectivity index (χ0) is 20.5. The number of nitrogens with two attached hydrogens (primary N) is 1. The van der Waals surface area contributed by atoms with Crippen LogP contribution in [0.3, 0.4) is 0 Å². The van der Waals surface area contributed by atoms with Gasteiger partial charge in [-0.25, -0.2) is 23.9 Å². The smallest absolute Gasteiger partial charge is 0.174 e. The highest BCUT2D eigenvalue weighted by Gasteiger charge is 2.20. The van der Waals surface area contributed by atoms with E-state index in [1.807, 2.05) is 13.0 Å². The third kappa shape index (κ3) is 3.41. The molecule has 0 bridgehead atoms. The quantitative estimate of drug-likeness (QED) is 0.529. The number of hydrogen-bond donors (Lipinski definition) is 2. The van der Waals surface area contributed by atoms with Gasteiger partial charge < -0.3 is 11.1 Å². The number of aromatic nitrogens is 5. The zero-order valence-electron chi connectivity index (χ0n) is 15.1. The molecule has 1 atom stereocenters. The Morgan fingerprint density at radius 3 is 2.93 bits per heavy atom. The summed E-state index contributed by atoms with van der Waals surface area (Å²) in [5, 5.41) is 17.1. The maximum absolute atomic E-state index is 13.9. The predicted molar refractivity (Wildman–Crippen MR) is 107 cm³/mol. The Morgan fingerprint density at radius 2 is 2.17 bits per heavy atom. The first-order valence-electron chi connectivity index (χ1n) is 8.54. The van der Waals surface area contributed by atoms with Gasteiger partial charge in [0, 0.05) is 17.3 Å². The Morgan fingerprint density at radius 1 is 1.34 bits per heavy atom. The molecule has 0 saturated carbocycles. The fraction of sp³-hybridized carbons (Fsp3) is 0.105. The lowest BCUT2D eigenvalue weighted by Gasteiger charge is -2.19. The summed E-state index contributed by atoms with van der Waals surface area (Å²) in [4.78, 5) is 12.5. The molecule has 4 rings (SSSR count). The number of anilines is 2. The fourth-order valence-corrected chi connectivity index (χ4v) is 3.16. The van der Waals surface area contributed by atoms with Crippen molar-refractivity contribution in [2.45, 2.75) is 13.0 Å². The van der Waals surface area contributed by atoms with Gasteiger partial charge in [-0.2, -0.15) is 10.4 Å². The second-order valence-electron chi connectivity index (χ2n) is 6.28. The molecule has 0 aliphatic carbocycles. The first-order valence-corrected chi connectivity index (χ1v) is 8.92. The van der Waals surface area contributed by atoms with Gasteiger partial charge in [-0.05, 0) is 19.1 Å². The highest BCUT2D eigenvalue weighted by atomic mass is 35.5. The molecule has 0 saturated heterocycles. The Balaban J connectivity index is 1.85. The molecule has 1 aromatic carbocycles. The van der Waals surface area contributed by atoms with Crippen LogP contribution in [-0.4, -0.2) is 24.6 Å². The molecular weight excluding hydrogens is 395 g/mol. The Labute approximate surface area is 169 Å². The molecule has 10 heteroatoms. The molecule has 0 amide bonds. The number of nitrogens with one attached hydrogen (secondary N) is 1. The van der Waals surface area contributed by atoms with Crippen molar-refractivity contribution >= 4 is 28.9 Å². The molecule has 1 unspecified atom stereocenters. The molecule has 144 valence electrons. The maximum atomic E-state index is 13.9. The van der Waals surface area contributed by atoms with Crippen LogP contribution < -0.4 is 11.1 Å². The summed E-state index contributed by atoms with van der Waals surface area (Å²) in [6.45, 7) is 1.86. The zero-order valence-corrected chi connectivity index (χ0v) is 15.9. The van der Waals surface area contributed by atoms with Gasteiger partial charge in [0.25, 0.3) is 0 Å². The van der Waals surface area contributed by atoms with Crippen LogP contribution in [0.25, 0.3) is 16.9 Å². The molecular formula is C19H14ClFN8. The molecule has 0 radical (unpaired) electrons. The minimum absolute atomic E-state index is 0.0787. The van der Waals surface area contributed by atoms with Gasteiger partial charge in [-0.15, -0.1) is 0 Å². The van der Waals surface area contributed by atoms with Gasteiger partial charge in [0.15, 0.2) is 5.65 Å². The summed E-state index contributed by atoms with van der Waals surface area (Å²) in [5.41, 5.74) is 8.16. The van der Waals surface area contributed by atoms with E-state index >= 15 is 0 Å². The lowest BCUT2D eigenvalue weighted by Crippen LogP contribution is -2.14. The van der Waals surface area contributed by atoms with E-state index in [9.17, 15) is 9.65 Å². The van der Waals surface area contributed by atoms with Gasteiger partial charge in [-0.1, -0.05) is 23.7 Å². The van der Waals surface area contributed by atoms with Crippen LogP contribution in [0, 0.1) is 17.1 Å². The van der Waals surface area contributed by atoms with Crippen molar-refractivity contribution < 1.29 is 4.39 Å². The van der Waals surface area contributed by atoms with Crippen molar-refractivity contribution in [3.05, 3.63) is 65.0 Å². The number of hydrogen-bond acceptors (Lipinski definition) is 7. The molecule has 0 spiro atoms. The number of rotatable bonds is 4. The average molecular weight is 409 g/mol. The highest BCUT2D eigenvalue weighted by Crippen LogP contribution is 2.31. The molecule has 8 nitrogen and oxygen atoms in total. The number of benzene rings is 1. The van der Waals surface area contributed by atoms with Crippen molar-refractivity contribution in [2.24, 2.45) is 0 Å². The summed E-state index contributed by atoms with van der Waals surface area (Å²) in [5.74, 6) is -0.0167. The van der Waals surface area contributed by atoms with Crippen LogP contribution in [0.4, 0.5) is 16.0 Å². The lowest BCUT2D eigenvalue weighted by molar-refractivity contribution is 0.628. The summed E-state index contributed by atoms with van der Waals surface area (Å²) < 4.78 is 15.4. The van der Waals surface area contributed by atoms with Crippen molar-refractivity contribution in [2.75, 3.05) is 11.1 Å². The molecule has 0 aliphatic rings. The summed E-state index contributed by atoms with van der Waals surface area (Å²) in [7, 11) is 0. The van der Waals surface area contributed by atoms with Gasteiger partial charge in [0.2, 0.25) is 0 Å². The molecule has 0 fully saturated rings. The van der Waals surface area contributed by atoms with E-state index < -0.39 is 0 Å². The van der Waals surface area contributed by atoms with E-state index in [2.05, 4.69) is 25.4 Å². The number of halogens is 2. The highest BCUT2D eigenvalue weighted by molar-refractivity contribution is 6.33. The van der Waals surface area contributed by atoms with Crippen LogP contribution in [-0.2, 0) is 0 Å². The second kappa shape index (κ2) is 7.33. The van der Waals surface area contributed by atoms with E-state index in [-0.39, 0.29) is 29.1 Å². The number of nitrogens with zero attached hydrogens (tertiary/aromatic N) is 6. The molecule has 3 heterocycles. The number of nitriles is 1. The third-order valence-electron chi connectivity index (χ3n) is 4.38. The number of fused-ring (bicyclic) bond motifs is 1. The van der Waals surface area contributed by atoms with Crippen molar-refractivity contribution in [1.29, 1.82) is 5.26 Å². The fourth-order valence-electron chi connectivity index (χ4n) is 2.98. The SMILES string of the molecule is CC(Nc1ncnc(N)c1C#N)c1cn2ncc(Cl)c2nc1-c1cccc(F)c1. The maximum Gasteiger partial charge on any atom is 0.174 e. The van der Waals surface area contributed by atoms with Crippen LogP contribution in [0.1, 0.15) is 24.1 Å². The van der Waals surface area contributed by atoms with E-state index in [4.69, 9.17) is 17.3 Å². The van der Waals surface area contributed by atoms with Crippen LogP contribution in [0.2, 0.25) is 5.02 Å². The minimum Gasteiger partial charge on any atom is -0.382 e. The standard InChI is InChI=1S/C19H14ClFN8/c1-10(27-18-13(6-22)17(23)24-9-25-18)14-8-29-19(15(20)7-26-29)28-16(14)11-3-2-4-12(21)5-11/h2-5,7-10H,1H3,(H3,23,24,25,27). The lowest BCUT2D eigenvalue weighted by atomic mass is 10.0. The summed E-state index contributed by atoms with van der Waals surface area (Å²) in [6, 6.07) is 7.73. The Kier molecular flexibility index (Phi) is 4.70. The van der Waals surface area contributed by atoms with Gasteiger partial charge >= 0.3 is 0 Å².